The number of hydrogen-bond donors (Lipinski definition) is 2. The van der Waals surface area contributed by atoms with E-state index in [2.05, 4.69) is 92.1 Å². The normalized spacial score (nSPS) is 28.7. The van der Waals surface area contributed by atoms with Gasteiger partial charge in [0.05, 0.1) is 6.04 Å². The van der Waals surface area contributed by atoms with Crippen LogP contribution in [0.15, 0.2) is 60.7 Å². The molecule has 5 rings (SSSR count). The van der Waals surface area contributed by atoms with E-state index in [1.807, 2.05) is 0 Å². The Kier molecular flexibility index (Phi) is 5.39. The van der Waals surface area contributed by atoms with Gasteiger partial charge in [-0.15, -0.1) is 0 Å². The summed E-state index contributed by atoms with van der Waals surface area (Å²) in [7, 11) is 0. The SMILES string of the molecule is C[C@H]1[C@H](NCCNC(c2ccccc2)c2ccccc2)C[C@H]2C[C@@H]1C2(C)C. The fourth-order valence-corrected chi connectivity index (χ4v) is 5.61. The van der Waals surface area contributed by atoms with Gasteiger partial charge in [-0.25, -0.2) is 0 Å². The molecule has 3 aliphatic rings. The van der Waals surface area contributed by atoms with E-state index in [1.54, 1.807) is 0 Å². The van der Waals surface area contributed by atoms with Crippen LogP contribution in [0, 0.1) is 23.2 Å². The molecule has 2 aromatic carbocycles. The maximum absolute atomic E-state index is 3.87. The zero-order chi connectivity index (χ0) is 18.9. The lowest BCUT2D eigenvalue weighted by Crippen LogP contribution is -2.60. The molecule has 0 unspecified atom stereocenters. The average Bonchev–Trinajstić information content (AvgIpc) is 2.70. The van der Waals surface area contributed by atoms with Crippen molar-refractivity contribution in [3.8, 4) is 0 Å². The van der Waals surface area contributed by atoms with Crippen molar-refractivity contribution in [2.45, 2.75) is 45.7 Å². The molecule has 3 fully saturated rings. The third kappa shape index (κ3) is 3.70. The van der Waals surface area contributed by atoms with E-state index in [4.69, 9.17) is 0 Å². The molecule has 0 aliphatic heterocycles. The van der Waals surface area contributed by atoms with Gasteiger partial charge in [-0.3, -0.25) is 0 Å². The molecular weight excluding hydrogens is 328 g/mol. The molecule has 4 atom stereocenters. The highest BCUT2D eigenvalue weighted by Gasteiger charge is 2.55. The lowest BCUT2D eigenvalue weighted by atomic mass is 9.45. The van der Waals surface area contributed by atoms with Gasteiger partial charge in [-0.2, -0.15) is 0 Å². The van der Waals surface area contributed by atoms with Crippen molar-refractivity contribution in [3.63, 3.8) is 0 Å². The van der Waals surface area contributed by atoms with E-state index in [9.17, 15) is 0 Å². The molecule has 2 aromatic rings. The lowest BCUT2D eigenvalue weighted by molar-refractivity contribution is -0.114. The van der Waals surface area contributed by atoms with E-state index in [0.717, 1.165) is 30.8 Å². The third-order valence-electron chi connectivity index (χ3n) is 7.50. The number of rotatable bonds is 7. The van der Waals surface area contributed by atoms with E-state index >= 15 is 0 Å². The second kappa shape index (κ2) is 7.77. The smallest absolute Gasteiger partial charge is 0.0577 e. The Hall–Kier alpha value is -1.64. The second-order valence-corrected chi connectivity index (χ2v) is 9.22. The van der Waals surface area contributed by atoms with E-state index in [1.165, 1.54) is 24.0 Å². The highest BCUT2D eigenvalue weighted by molar-refractivity contribution is 5.31. The van der Waals surface area contributed by atoms with Crippen molar-refractivity contribution < 1.29 is 0 Å². The summed E-state index contributed by atoms with van der Waals surface area (Å²) in [5.41, 5.74) is 3.23. The zero-order valence-electron chi connectivity index (χ0n) is 17.0. The molecule has 0 heterocycles. The minimum atomic E-state index is 0.255. The number of hydrogen-bond acceptors (Lipinski definition) is 2. The van der Waals surface area contributed by atoms with Gasteiger partial charge in [-0.1, -0.05) is 81.4 Å². The van der Waals surface area contributed by atoms with E-state index < -0.39 is 0 Å². The number of nitrogens with one attached hydrogen (secondary N) is 2. The first-order chi connectivity index (χ1) is 13.1. The maximum Gasteiger partial charge on any atom is 0.0577 e. The molecule has 0 amide bonds. The molecule has 27 heavy (non-hydrogen) atoms. The Bertz CT molecular complexity index is 685. The van der Waals surface area contributed by atoms with Crippen LogP contribution in [0.1, 0.15) is 50.8 Å². The summed E-state index contributed by atoms with van der Waals surface area (Å²) >= 11 is 0. The van der Waals surface area contributed by atoms with Crippen molar-refractivity contribution >= 4 is 0 Å². The first-order valence-corrected chi connectivity index (χ1v) is 10.6. The molecule has 3 saturated carbocycles. The van der Waals surface area contributed by atoms with Crippen molar-refractivity contribution in [1.29, 1.82) is 0 Å². The molecule has 2 bridgehead atoms. The zero-order valence-corrected chi connectivity index (χ0v) is 17.0. The standard InChI is InChI=1S/C25H34N2/c1-18-22-16-21(25(22,2)3)17-23(18)26-14-15-27-24(19-10-6-4-7-11-19)20-12-8-5-9-13-20/h4-13,18,21-24,26-27H,14-17H2,1-3H3/t18-,21-,22+,23-/m1/s1. The minimum absolute atomic E-state index is 0.255. The van der Waals surface area contributed by atoms with Gasteiger partial charge in [0.25, 0.3) is 0 Å². The molecule has 0 saturated heterocycles. The Morgan fingerprint density at radius 2 is 1.48 bits per heavy atom. The van der Waals surface area contributed by atoms with Crippen LogP contribution in [0.5, 0.6) is 0 Å². The number of fused-ring (bicyclic) bond motifs is 2. The molecule has 3 aliphatic carbocycles. The van der Waals surface area contributed by atoms with Crippen LogP contribution >= 0.6 is 0 Å². The van der Waals surface area contributed by atoms with Crippen molar-refractivity contribution in [3.05, 3.63) is 71.8 Å². The van der Waals surface area contributed by atoms with Crippen molar-refractivity contribution in [2.24, 2.45) is 23.2 Å². The van der Waals surface area contributed by atoms with E-state index in [-0.39, 0.29) is 6.04 Å². The van der Waals surface area contributed by atoms with E-state index in [0.29, 0.717) is 11.5 Å². The fraction of sp³-hybridized carbons (Fsp3) is 0.520. The third-order valence-corrected chi connectivity index (χ3v) is 7.50. The number of benzene rings is 2. The Morgan fingerprint density at radius 1 is 0.889 bits per heavy atom. The largest absolute Gasteiger partial charge is 0.312 e. The van der Waals surface area contributed by atoms with Crippen LogP contribution < -0.4 is 10.6 Å². The molecule has 144 valence electrons. The highest BCUT2D eigenvalue weighted by atomic mass is 15.0. The predicted octanol–water partition coefficient (Wildman–Crippen LogP) is 5.03. The van der Waals surface area contributed by atoms with Crippen LogP contribution in [0.25, 0.3) is 0 Å². The Labute approximate surface area is 164 Å². The summed E-state index contributed by atoms with van der Waals surface area (Å²) in [6.45, 7) is 9.43. The lowest BCUT2D eigenvalue weighted by Gasteiger charge is -2.62. The van der Waals surface area contributed by atoms with Crippen LogP contribution in [-0.4, -0.2) is 19.1 Å². The molecule has 2 N–H and O–H groups in total. The van der Waals surface area contributed by atoms with Gasteiger partial charge in [0, 0.05) is 19.1 Å². The summed E-state index contributed by atoms with van der Waals surface area (Å²) in [6, 6.07) is 22.5. The highest BCUT2D eigenvalue weighted by Crippen LogP contribution is 2.61. The first kappa shape index (κ1) is 18.7. The summed E-state index contributed by atoms with van der Waals surface area (Å²) in [4.78, 5) is 0. The van der Waals surface area contributed by atoms with Gasteiger partial charge in [0.1, 0.15) is 0 Å². The summed E-state index contributed by atoms with van der Waals surface area (Å²) < 4.78 is 0. The second-order valence-electron chi connectivity index (χ2n) is 9.22. The Balaban J connectivity index is 1.33. The molecule has 2 nitrogen and oxygen atoms in total. The van der Waals surface area contributed by atoms with Crippen molar-refractivity contribution in [2.75, 3.05) is 13.1 Å². The molecule has 2 heteroatoms. The predicted molar refractivity (Wildman–Crippen MR) is 114 cm³/mol. The Morgan fingerprint density at radius 3 is 2.00 bits per heavy atom. The van der Waals surface area contributed by atoms with Crippen LogP contribution in [0.2, 0.25) is 0 Å². The van der Waals surface area contributed by atoms with Gasteiger partial charge in [-0.05, 0) is 47.1 Å². The monoisotopic (exact) mass is 362 g/mol. The van der Waals surface area contributed by atoms with Gasteiger partial charge >= 0.3 is 0 Å². The molecule has 0 aromatic heterocycles. The summed E-state index contributed by atoms with van der Waals surface area (Å²) in [5.74, 6) is 2.62. The van der Waals surface area contributed by atoms with Gasteiger partial charge < -0.3 is 10.6 Å². The minimum Gasteiger partial charge on any atom is -0.312 e. The fourth-order valence-electron chi connectivity index (χ4n) is 5.61. The first-order valence-electron chi connectivity index (χ1n) is 10.6. The molecular formula is C25H34N2. The van der Waals surface area contributed by atoms with Crippen LogP contribution in [0.4, 0.5) is 0 Å². The van der Waals surface area contributed by atoms with Gasteiger partial charge in [0.2, 0.25) is 0 Å². The summed E-state index contributed by atoms with van der Waals surface area (Å²) in [6.07, 6.45) is 2.81. The topological polar surface area (TPSA) is 24.1 Å². The molecule has 0 radical (unpaired) electrons. The van der Waals surface area contributed by atoms with Crippen molar-refractivity contribution in [1.82, 2.24) is 10.6 Å². The van der Waals surface area contributed by atoms with Crippen LogP contribution in [0.3, 0.4) is 0 Å². The van der Waals surface area contributed by atoms with Gasteiger partial charge in [0.15, 0.2) is 0 Å². The quantitative estimate of drug-likeness (QED) is 0.675. The summed E-state index contributed by atoms with van der Waals surface area (Å²) in [5, 5.41) is 7.65. The average molecular weight is 363 g/mol. The maximum atomic E-state index is 3.87. The van der Waals surface area contributed by atoms with Crippen LogP contribution in [-0.2, 0) is 0 Å². The molecule has 0 spiro atoms.